The van der Waals surface area contributed by atoms with Gasteiger partial charge in [-0.2, -0.15) is 0 Å². The van der Waals surface area contributed by atoms with E-state index in [1.807, 2.05) is 47.8 Å². The monoisotopic (exact) mass is 478 g/mol. The Balaban J connectivity index is 1.57. The molecule has 1 heterocycles. The summed E-state index contributed by atoms with van der Waals surface area (Å²) in [6, 6.07) is 19.2. The Labute approximate surface area is 199 Å². The number of hydrogen-bond donors (Lipinski definition) is 1. The van der Waals surface area contributed by atoms with Crippen molar-refractivity contribution in [3.05, 3.63) is 92.8 Å². The van der Waals surface area contributed by atoms with Crippen LogP contribution in [0.5, 0.6) is 0 Å². The number of carbonyl (C=O) groups is 1. The van der Waals surface area contributed by atoms with Crippen LogP contribution in [0.4, 0.5) is 17.1 Å². The number of nitrogens with one attached hydrogen (secondary N) is 1. The summed E-state index contributed by atoms with van der Waals surface area (Å²) in [5, 5.41) is 17.6. The van der Waals surface area contributed by atoms with E-state index < -0.39 is 10.8 Å². The molecule has 7 nitrogen and oxygen atoms in total. The summed E-state index contributed by atoms with van der Waals surface area (Å²) >= 11 is 7.77. The SMILES string of the molecule is CN(C)c1ccc(C(=O)Nc2cccc(-c3csc(-c4ccccc4Cl)n3)c2)cc1[N+](=O)[O-]. The normalized spacial score (nSPS) is 10.6. The summed E-state index contributed by atoms with van der Waals surface area (Å²) in [6.07, 6.45) is 0. The van der Waals surface area contributed by atoms with Crippen LogP contribution in [-0.2, 0) is 0 Å². The summed E-state index contributed by atoms with van der Waals surface area (Å²) in [5.41, 5.74) is 3.51. The minimum absolute atomic E-state index is 0.129. The summed E-state index contributed by atoms with van der Waals surface area (Å²) < 4.78 is 0. The Morgan fingerprint density at radius 2 is 1.88 bits per heavy atom. The Hall–Kier alpha value is -3.75. The first kappa shape index (κ1) is 22.4. The molecule has 0 spiro atoms. The van der Waals surface area contributed by atoms with Crippen molar-refractivity contribution in [2.45, 2.75) is 0 Å². The Kier molecular flexibility index (Phi) is 6.39. The molecule has 0 aliphatic heterocycles. The van der Waals surface area contributed by atoms with E-state index in [4.69, 9.17) is 11.6 Å². The zero-order chi connectivity index (χ0) is 23.5. The highest BCUT2D eigenvalue weighted by Gasteiger charge is 2.19. The van der Waals surface area contributed by atoms with E-state index in [0.29, 0.717) is 16.4 Å². The second-order valence-corrected chi connectivity index (χ2v) is 8.67. The van der Waals surface area contributed by atoms with Gasteiger partial charge in [0.15, 0.2) is 0 Å². The molecule has 1 N–H and O–H groups in total. The van der Waals surface area contributed by atoms with Crippen LogP contribution in [0, 0.1) is 10.1 Å². The van der Waals surface area contributed by atoms with Crippen molar-refractivity contribution in [3.63, 3.8) is 0 Å². The van der Waals surface area contributed by atoms with Crippen molar-refractivity contribution < 1.29 is 9.72 Å². The van der Waals surface area contributed by atoms with Crippen LogP contribution in [0.3, 0.4) is 0 Å². The predicted molar refractivity (Wildman–Crippen MR) is 133 cm³/mol. The minimum Gasteiger partial charge on any atom is -0.372 e. The van der Waals surface area contributed by atoms with Crippen molar-refractivity contribution in [2.75, 3.05) is 24.3 Å². The highest BCUT2D eigenvalue weighted by Crippen LogP contribution is 2.34. The average Bonchev–Trinajstić information content (AvgIpc) is 3.29. The fourth-order valence-corrected chi connectivity index (χ4v) is 4.46. The number of hydrogen-bond acceptors (Lipinski definition) is 6. The lowest BCUT2D eigenvalue weighted by Crippen LogP contribution is -2.15. The lowest BCUT2D eigenvalue weighted by molar-refractivity contribution is -0.384. The molecule has 4 rings (SSSR count). The van der Waals surface area contributed by atoms with Gasteiger partial charge in [-0.1, -0.05) is 41.9 Å². The third kappa shape index (κ3) is 4.87. The number of benzene rings is 3. The molecule has 0 aliphatic rings. The number of thiazole rings is 1. The highest BCUT2D eigenvalue weighted by atomic mass is 35.5. The van der Waals surface area contributed by atoms with Crippen LogP contribution >= 0.6 is 22.9 Å². The maximum atomic E-state index is 12.8. The maximum Gasteiger partial charge on any atom is 0.293 e. The van der Waals surface area contributed by atoms with Crippen molar-refractivity contribution in [2.24, 2.45) is 0 Å². The van der Waals surface area contributed by atoms with Crippen LogP contribution in [0.2, 0.25) is 5.02 Å². The van der Waals surface area contributed by atoms with E-state index in [1.54, 1.807) is 37.2 Å². The zero-order valence-electron chi connectivity index (χ0n) is 17.8. The molecule has 166 valence electrons. The number of aromatic nitrogens is 1. The second-order valence-electron chi connectivity index (χ2n) is 7.41. The number of anilines is 2. The molecule has 4 aromatic rings. The van der Waals surface area contributed by atoms with Crippen molar-refractivity contribution in [1.29, 1.82) is 0 Å². The Bertz CT molecular complexity index is 1350. The fraction of sp³-hybridized carbons (Fsp3) is 0.0833. The van der Waals surface area contributed by atoms with E-state index in [-0.39, 0.29) is 11.3 Å². The first-order valence-corrected chi connectivity index (χ1v) is 11.2. The summed E-state index contributed by atoms with van der Waals surface area (Å²) in [4.78, 5) is 30.0. The zero-order valence-corrected chi connectivity index (χ0v) is 19.4. The first-order valence-electron chi connectivity index (χ1n) is 9.91. The van der Waals surface area contributed by atoms with Gasteiger partial charge in [0.2, 0.25) is 0 Å². The summed E-state index contributed by atoms with van der Waals surface area (Å²) in [6.45, 7) is 0. The van der Waals surface area contributed by atoms with E-state index in [0.717, 1.165) is 21.8 Å². The molecule has 3 aromatic carbocycles. The minimum atomic E-state index is -0.494. The van der Waals surface area contributed by atoms with Gasteiger partial charge < -0.3 is 10.2 Å². The van der Waals surface area contributed by atoms with Gasteiger partial charge in [-0.05, 0) is 30.3 Å². The summed E-state index contributed by atoms with van der Waals surface area (Å²) in [5.74, 6) is -0.435. The van der Waals surface area contributed by atoms with Crippen LogP contribution < -0.4 is 10.2 Å². The second kappa shape index (κ2) is 9.40. The molecular formula is C24H19ClN4O3S. The van der Waals surface area contributed by atoms with Crippen LogP contribution in [0.15, 0.2) is 72.1 Å². The number of nitro groups is 1. The average molecular weight is 479 g/mol. The number of carbonyl (C=O) groups excluding carboxylic acids is 1. The third-order valence-electron chi connectivity index (χ3n) is 4.94. The quantitative estimate of drug-likeness (QED) is 0.257. The molecule has 0 unspecified atom stereocenters. The predicted octanol–water partition coefficient (Wildman–Crippen LogP) is 6.36. The maximum absolute atomic E-state index is 12.8. The van der Waals surface area contributed by atoms with Gasteiger partial charge in [-0.25, -0.2) is 4.98 Å². The topological polar surface area (TPSA) is 88.4 Å². The summed E-state index contributed by atoms with van der Waals surface area (Å²) in [7, 11) is 3.42. The van der Waals surface area contributed by atoms with Gasteiger partial charge in [-0.15, -0.1) is 11.3 Å². The van der Waals surface area contributed by atoms with Crippen molar-refractivity contribution in [3.8, 4) is 21.8 Å². The van der Waals surface area contributed by atoms with E-state index in [2.05, 4.69) is 10.3 Å². The molecule has 9 heteroatoms. The van der Waals surface area contributed by atoms with Gasteiger partial charge in [0.1, 0.15) is 10.7 Å². The van der Waals surface area contributed by atoms with E-state index in [1.165, 1.54) is 17.4 Å². The van der Waals surface area contributed by atoms with E-state index >= 15 is 0 Å². The molecule has 1 amide bonds. The standard InChI is InChI=1S/C24H19ClN4O3S/c1-28(2)21-11-10-16(13-22(21)29(31)32)23(30)26-17-7-5-6-15(12-17)20-14-33-24(27-20)18-8-3-4-9-19(18)25/h3-14H,1-2H3,(H,26,30). The third-order valence-corrected chi connectivity index (χ3v) is 6.15. The van der Waals surface area contributed by atoms with Crippen LogP contribution in [-0.4, -0.2) is 29.9 Å². The molecular weight excluding hydrogens is 460 g/mol. The molecule has 1 aromatic heterocycles. The number of nitro benzene ring substituents is 1. The van der Waals surface area contributed by atoms with Crippen molar-refractivity contribution >= 4 is 45.9 Å². The molecule has 0 saturated carbocycles. The number of rotatable bonds is 6. The van der Waals surface area contributed by atoms with Gasteiger partial charge in [0, 0.05) is 47.9 Å². The molecule has 33 heavy (non-hydrogen) atoms. The largest absolute Gasteiger partial charge is 0.372 e. The van der Waals surface area contributed by atoms with Gasteiger partial charge in [0.05, 0.1) is 15.6 Å². The molecule has 0 bridgehead atoms. The molecule has 0 aliphatic carbocycles. The highest BCUT2D eigenvalue weighted by molar-refractivity contribution is 7.13. The lowest BCUT2D eigenvalue weighted by atomic mass is 10.1. The van der Waals surface area contributed by atoms with Crippen LogP contribution in [0.1, 0.15) is 10.4 Å². The number of nitrogens with zero attached hydrogens (tertiary/aromatic N) is 3. The number of halogens is 1. The molecule has 0 radical (unpaired) electrons. The van der Waals surface area contributed by atoms with Gasteiger partial charge in [0.25, 0.3) is 11.6 Å². The van der Waals surface area contributed by atoms with Gasteiger partial charge >= 0.3 is 0 Å². The molecule has 0 saturated heterocycles. The van der Waals surface area contributed by atoms with E-state index in [9.17, 15) is 14.9 Å². The Morgan fingerprint density at radius 3 is 2.61 bits per heavy atom. The number of amides is 1. The lowest BCUT2D eigenvalue weighted by Gasteiger charge is -2.13. The van der Waals surface area contributed by atoms with Crippen molar-refractivity contribution in [1.82, 2.24) is 4.98 Å². The Morgan fingerprint density at radius 1 is 1.09 bits per heavy atom. The first-order chi connectivity index (χ1) is 15.8. The smallest absolute Gasteiger partial charge is 0.293 e. The van der Waals surface area contributed by atoms with Gasteiger partial charge in [-0.3, -0.25) is 14.9 Å². The fourth-order valence-electron chi connectivity index (χ4n) is 3.31. The van der Waals surface area contributed by atoms with Crippen LogP contribution in [0.25, 0.3) is 21.8 Å². The molecule has 0 fully saturated rings. The molecule has 0 atom stereocenters.